The Hall–Kier alpha value is -1.74. The van der Waals surface area contributed by atoms with Gasteiger partial charge >= 0.3 is 0 Å². The number of nitrogens with zero attached hydrogens (tertiary/aromatic N) is 1. The van der Waals surface area contributed by atoms with Crippen LogP contribution in [0.4, 0.5) is 5.69 Å². The monoisotopic (exact) mass is 256 g/mol. The smallest absolute Gasteiger partial charge is 0.150 e. The lowest BCUT2D eigenvalue weighted by molar-refractivity contribution is 0.273. The summed E-state index contributed by atoms with van der Waals surface area (Å²) in [6.45, 7) is 4.96. The molecule has 2 aromatic rings. The third-order valence-corrected chi connectivity index (χ3v) is 3.77. The van der Waals surface area contributed by atoms with Crippen LogP contribution >= 0.6 is 0 Å². The van der Waals surface area contributed by atoms with E-state index >= 15 is 0 Å². The average Bonchev–Trinajstić information content (AvgIpc) is 2.46. The fraction of sp³-hybridized carbons (Fsp3) is 0.375. The molecular weight excluding hydrogens is 236 g/mol. The maximum Gasteiger partial charge on any atom is 0.150 e. The van der Waals surface area contributed by atoms with E-state index in [1.165, 1.54) is 16.5 Å². The van der Waals surface area contributed by atoms with Crippen LogP contribution in [0.15, 0.2) is 36.4 Å². The van der Waals surface area contributed by atoms with Crippen LogP contribution in [0.3, 0.4) is 0 Å². The minimum Gasteiger partial charge on any atom is -0.489 e. The molecule has 0 aliphatic carbocycles. The Kier molecular flexibility index (Phi) is 3.30. The van der Waals surface area contributed by atoms with Crippen LogP contribution < -0.4 is 15.0 Å². The lowest BCUT2D eigenvalue weighted by Gasteiger charge is -2.37. The molecule has 0 saturated heterocycles. The quantitative estimate of drug-likeness (QED) is 0.913. The first-order valence-corrected chi connectivity index (χ1v) is 6.87. The van der Waals surface area contributed by atoms with Gasteiger partial charge in [-0.1, -0.05) is 30.3 Å². The van der Waals surface area contributed by atoms with E-state index in [-0.39, 0.29) is 0 Å². The summed E-state index contributed by atoms with van der Waals surface area (Å²) < 4.78 is 6.00. The molecule has 3 nitrogen and oxygen atoms in total. The molecule has 0 aromatic heterocycles. The number of hydrogen-bond acceptors (Lipinski definition) is 3. The molecular formula is C16H20N2O. The van der Waals surface area contributed by atoms with E-state index in [1.807, 2.05) is 7.05 Å². The molecule has 100 valence electrons. The lowest BCUT2D eigenvalue weighted by Crippen LogP contribution is -2.44. The Bertz CT molecular complexity index is 582. The highest BCUT2D eigenvalue weighted by Gasteiger charge is 2.25. The topological polar surface area (TPSA) is 24.5 Å². The van der Waals surface area contributed by atoms with Gasteiger partial charge in [-0.05, 0) is 25.4 Å². The number of ether oxygens (including phenoxy) is 1. The van der Waals surface area contributed by atoms with Gasteiger partial charge in [0.15, 0.2) is 5.75 Å². The van der Waals surface area contributed by atoms with Crippen LogP contribution in [0.5, 0.6) is 5.75 Å². The highest BCUT2D eigenvalue weighted by atomic mass is 16.5. The predicted octanol–water partition coefficient (Wildman–Crippen LogP) is 2.65. The molecule has 19 heavy (non-hydrogen) atoms. The minimum atomic E-state index is 0.419. The van der Waals surface area contributed by atoms with Crippen molar-refractivity contribution in [1.29, 1.82) is 0 Å². The predicted molar refractivity (Wildman–Crippen MR) is 80.2 cm³/mol. The highest BCUT2D eigenvalue weighted by molar-refractivity contribution is 5.94. The van der Waals surface area contributed by atoms with Crippen molar-refractivity contribution in [3.8, 4) is 5.75 Å². The largest absolute Gasteiger partial charge is 0.489 e. The number of fused-ring (bicyclic) bond motifs is 3. The summed E-state index contributed by atoms with van der Waals surface area (Å²) in [6, 6.07) is 13.2. The molecule has 0 saturated carbocycles. The molecule has 3 rings (SSSR count). The average molecular weight is 256 g/mol. The Labute approximate surface area is 114 Å². The van der Waals surface area contributed by atoms with E-state index in [1.54, 1.807) is 0 Å². The molecule has 1 aliphatic heterocycles. The first-order valence-electron chi connectivity index (χ1n) is 6.87. The Morgan fingerprint density at radius 1 is 1.26 bits per heavy atom. The normalized spacial score (nSPS) is 18.2. The number of nitrogens with one attached hydrogen (secondary N) is 1. The van der Waals surface area contributed by atoms with Crippen molar-refractivity contribution in [1.82, 2.24) is 5.32 Å². The molecule has 1 unspecified atom stereocenters. The van der Waals surface area contributed by atoms with Crippen LogP contribution in [-0.2, 0) is 0 Å². The highest BCUT2D eigenvalue weighted by Crippen LogP contribution is 2.39. The van der Waals surface area contributed by atoms with E-state index in [9.17, 15) is 0 Å². The third kappa shape index (κ3) is 2.15. The first kappa shape index (κ1) is 12.3. The van der Waals surface area contributed by atoms with Crippen LogP contribution in [0.1, 0.15) is 6.92 Å². The summed E-state index contributed by atoms with van der Waals surface area (Å²) in [7, 11) is 1.99. The van der Waals surface area contributed by atoms with Gasteiger partial charge in [-0.15, -0.1) is 0 Å². The molecule has 0 amide bonds. The molecule has 3 heteroatoms. The molecule has 0 fully saturated rings. The number of benzene rings is 2. The summed E-state index contributed by atoms with van der Waals surface area (Å²) in [5.74, 6) is 1.03. The van der Waals surface area contributed by atoms with Crippen molar-refractivity contribution in [3.63, 3.8) is 0 Å². The second kappa shape index (κ2) is 5.10. The van der Waals surface area contributed by atoms with Gasteiger partial charge in [-0.2, -0.15) is 0 Å². The first-order chi connectivity index (χ1) is 9.31. The van der Waals surface area contributed by atoms with Crippen LogP contribution in [0, 0.1) is 0 Å². The van der Waals surface area contributed by atoms with E-state index in [2.05, 4.69) is 53.5 Å². The molecule has 1 aliphatic rings. The molecule has 0 spiro atoms. The Morgan fingerprint density at radius 2 is 2.11 bits per heavy atom. The molecule has 1 heterocycles. The Balaban J connectivity index is 2.07. The zero-order valence-electron chi connectivity index (χ0n) is 11.5. The Morgan fingerprint density at radius 3 is 2.95 bits per heavy atom. The van der Waals surface area contributed by atoms with Crippen molar-refractivity contribution in [2.45, 2.75) is 13.0 Å². The summed E-state index contributed by atoms with van der Waals surface area (Å²) >= 11 is 0. The molecule has 0 bridgehead atoms. The van der Waals surface area contributed by atoms with Crippen molar-refractivity contribution in [2.24, 2.45) is 0 Å². The van der Waals surface area contributed by atoms with Gasteiger partial charge < -0.3 is 15.0 Å². The van der Waals surface area contributed by atoms with Gasteiger partial charge in [0.25, 0.3) is 0 Å². The van der Waals surface area contributed by atoms with Crippen molar-refractivity contribution >= 4 is 16.5 Å². The summed E-state index contributed by atoms with van der Waals surface area (Å²) in [6.07, 6.45) is 0. The lowest BCUT2D eigenvalue weighted by atomic mass is 10.1. The van der Waals surface area contributed by atoms with Gasteiger partial charge in [0.2, 0.25) is 0 Å². The number of anilines is 1. The van der Waals surface area contributed by atoms with Crippen molar-refractivity contribution < 1.29 is 4.74 Å². The second-order valence-corrected chi connectivity index (χ2v) is 5.09. The summed E-state index contributed by atoms with van der Waals surface area (Å²) in [5, 5.41) is 5.67. The van der Waals surface area contributed by atoms with Crippen molar-refractivity contribution in [3.05, 3.63) is 36.4 Å². The zero-order chi connectivity index (χ0) is 13.2. The number of rotatable bonds is 3. The van der Waals surface area contributed by atoms with E-state index in [0.29, 0.717) is 6.04 Å². The maximum absolute atomic E-state index is 6.00. The summed E-state index contributed by atoms with van der Waals surface area (Å²) in [5.41, 5.74) is 1.22. The van der Waals surface area contributed by atoms with Crippen LogP contribution in [-0.4, -0.2) is 32.8 Å². The van der Waals surface area contributed by atoms with Gasteiger partial charge in [-0.3, -0.25) is 0 Å². The van der Waals surface area contributed by atoms with E-state index < -0.39 is 0 Å². The van der Waals surface area contributed by atoms with Crippen LogP contribution in [0.25, 0.3) is 10.8 Å². The molecule has 1 atom stereocenters. The van der Waals surface area contributed by atoms with E-state index in [0.717, 1.165) is 25.4 Å². The number of likely N-dealkylation sites (N-methyl/N-ethyl adjacent to an activating group) is 1. The van der Waals surface area contributed by atoms with Crippen molar-refractivity contribution in [2.75, 3.05) is 31.6 Å². The standard InChI is InChI=1S/C16H20N2O/c1-12-11-19-16-14-6-4-3-5-13(14)7-8-15(16)18(12)10-9-17-2/h3-8,12,17H,9-11H2,1-2H3. The molecule has 1 N–H and O–H groups in total. The van der Waals surface area contributed by atoms with Gasteiger partial charge in [0.1, 0.15) is 6.61 Å². The minimum absolute atomic E-state index is 0.419. The van der Waals surface area contributed by atoms with Crippen LogP contribution in [0.2, 0.25) is 0 Å². The SMILES string of the molecule is CNCCN1c2ccc3ccccc3c2OCC1C. The molecule has 0 radical (unpaired) electrons. The number of hydrogen-bond donors (Lipinski definition) is 1. The fourth-order valence-electron chi connectivity index (χ4n) is 2.71. The second-order valence-electron chi connectivity index (χ2n) is 5.09. The third-order valence-electron chi connectivity index (χ3n) is 3.77. The molecule has 2 aromatic carbocycles. The maximum atomic E-state index is 6.00. The van der Waals surface area contributed by atoms with Gasteiger partial charge in [-0.25, -0.2) is 0 Å². The van der Waals surface area contributed by atoms with Gasteiger partial charge in [0.05, 0.1) is 11.7 Å². The fourth-order valence-corrected chi connectivity index (χ4v) is 2.71. The summed E-state index contributed by atoms with van der Waals surface area (Å²) in [4.78, 5) is 2.43. The zero-order valence-corrected chi connectivity index (χ0v) is 11.5. The van der Waals surface area contributed by atoms with E-state index in [4.69, 9.17) is 4.74 Å². The van der Waals surface area contributed by atoms with Gasteiger partial charge in [0, 0.05) is 18.5 Å².